The molecule has 7 nitrogen and oxygen atoms in total. The van der Waals surface area contributed by atoms with Gasteiger partial charge in [-0.1, -0.05) is 12.1 Å². The van der Waals surface area contributed by atoms with Crippen molar-refractivity contribution >= 4 is 22.8 Å². The average Bonchev–Trinajstić information content (AvgIpc) is 2.35. The predicted molar refractivity (Wildman–Crippen MR) is 66.2 cm³/mol. The molecule has 104 valence electrons. The highest BCUT2D eigenvalue weighted by atomic mass is 32.2. The standard InChI is InChI=1S/C11H13NO6S/c1-7(12-19(16)17)8-2-4-9(5-3-8)11(15)18-6-10(13)14/h2-5,7,19H,6H2,1H3,(H,13,14)(H,12,16,17). The number of rotatable bonds is 6. The second-order valence-corrected chi connectivity index (χ2v) is 4.47. The van der Waals surface area contributed by atoms with Crippen LogP contribution in [0.25, 0.3) is 0 Å². The second-order valence-electron chi connectivity index (χ2n) is 3.70. The highest BCUT2D eigenvalue weighted by Crippen LogP contribution is 2.13. The fourth-order valence-corrected chi connectivity index (χ4v) is 1.82. The van der Waals surface area contributed by atoms with Crippen LogP contribution in [0.4, 0.5) is 0 Å². The van der Waals surface area contributed by atoms with E-state index < -0.39 is 35.5 Å². The molecular formula is C11H13NO6S. The summed E-state index contributed by atoms with van der Waals surface area (Å²) in [6.07, 6.45) is 0. The SMILES string of the molecule is CC(N[SH](=O)=O)c1ccc(C(=O)OCC(=O)O)cc1. The van der Waals surface area contributed by atoms with Gasteiger partial charge in [0.1, 0.15) is 0 Å². The Hall–Kier alpha value is -1.93. The van der Waals surface area contributed by atoms with E-state index in [1.807, 2.05) is 0 Å². The highest BCUT2D eigenvalue weighted by Gasteiger charge is 2.11. The molecule has 0 aromatic heterocycles. The van der Waals surface area contributed by atoms with Gasteiger partial charge < -0.3 is 9.84 Å². The van der Waals surface area contributed by atoms with Gasteiger partial charge in [0, 0.05) is 6.04 Å². The van der Waals surface area contributed by atoms with E-state index in [2.05, 4.69) is 9.46 Å². The molecule has 1 unspecified atom stereocenters. The van der Waals surface area contributed by atoms with Crippen LogP contribution in [0.3, 0.4) is 0 Å². The lowest BCUT2D eigenvalue weighted by molar-refractivity contribution is -0.140. The molecule has 0 fully saturated rings. The number of ether oxygens (including phenoxy) is 1. The molecule has 1 rings (SSSR count). The molecule has 0 spiro atoms. The Balaban J connectivity index is 2.70. The Morgan fingerprint density at radius 3 is 2.37 bits per heavy atom. The van der Waals surface area contributed by atoms with E-state index in [0.717, 1.165) is 0 Å². The summed E-state index contributed by atoms with van der Waals surface area (Å²) >= 11 is 0. The summed E-state index contributed by atoms with van der Waals surface area (Å²) in [4.78, 5) is 21.6. The third kappa shape index (κ3) is 5.06. The van der Waals surface area contributed by atoms with Crippen LogP contribution in [-0.4, -0.2) is 32.1 Å². The zero-order valence-electron chi connectivity index (χ0n) is 10.0. The van der Waals surface area contributed by atoms with Gasteiger partial charge >= 0.3 is 11.9 Å². The van der Waals surface area contributed by atoms with Crippen LogP contribution in [0, 0.1) is 0 Å². The van der Waals surface area contributed by atoms with Crippen molar-refractivity contribution in [2.75, 3.05) is 6.61 Å². The lowest BCUT2D eigenvalue weighted by Gasteiger charge is -2.10. The molecule has 0 bridgehead atoms. The van der Waals surface area contributed by atoms with Crippen LogP contribution in [0.5, 0.6) is 0 Å². The second kappa shape index (κ2) is 6.86. The van der Waals surface area contributed by atoms with E-state index in [1.165, 1.54) is 12.1 Å². The van der Waals surface area contributed by atoms with Crippen molar-refractivity contribution in [3.63, 3.8) is 0 Å². The van der Waals surface area contributed by atoms with Gasteiger partial charge in [-0.05, 0) is 24.6 Å². The molecule has 0 saturated carbocycles. The first-order chi connectivity index (χ1) is 8.90. The average molecular weight is 287 g/mol. The number of carbonyl (C=O) groups excluding carboxylic acids is 1. The number of nitrogens with one attached hydrogen (secondary N) is 1. The molecule has 0 heterocycles. The molecule has 2 N–H and O–H groups in total. The zero-order chi connectivity index (χ0) is 14.4. The topological polar surface area (TPSA) is 110 Å². The number of aliphatic carboxylic acids is 1. The summed E-state index contributed by atoms with van der Waals surface area (Å²) < 4.78 is 27.8. The summed E-state index contributed by atoms with van der Waals surface area (Å²) in [5, 5.41) is 8.37. The minimum Gasteiger partial charge on any atom is -0.479 e. The molecular weight excluding hydrogens is 274 g/mol. The van der Waals surface area contributed by atoms with Gasteiger partial charge in [-0.2, -0.15) is 0 Å². The van der Waals surface area contributed by atoms with E-state index in [9.17, 15) is 18.0 Å². The van der Waals surface area contributed by atoms with Gasteiger partial charge in [-0.15, -0.1) is 0 Å². The van der Waals surface area contributed by atoms with Gasteiger partial charge in [0.2, 0.25) is 10.9 Å². The summed E-state index contributed by atoms with van der Waals surface area (Å²) in [5.41, 5.74) is 0.873. The highest BCUT2D eigenvalue weighted by molar-refractivity contribution is 7.70. The number of hydrogen-bond donors (Lipinski definition) is 3. The lowest BCUT2D eigenvalue weighted by Crippen LogP contribution is -2.16. The lowest BCUT2D eigenvalue weighted by atomic mass is 10.1. The van der Waals surface area contributed by atoms with E-state index in [1.54, 1.807) is 19.1 Å². The predicted octanol–water partition coefficient (Wildman–Crippen LogP) is 0.105. The van der Waals surface area contributed by atoms with E-state index >= 15 is 0 Å². The molecule has 1 atom stereocenters. The molecule has 1 aromatic rings. The smallest absolute Gasteiger partial charge is 0.341 e. The van der Waals surface area contributed by atoms with Gasteiger partial charge in [-0.3, -0.25) is 0 Å². The first-order valence-corrected chi connectivity index (χ1v) is 6.47. The van der Waals surface area contributed by atoms with Crippen LogP contribution in [0.1, 0.15) is 28.9 Å². The zero-order valence-corrected chi connectivity index (χ0v) is 10.9. The first kappa shape index (κ1) is 15.1. The molecule has 0 saturated heterocycles. The van der Waals surface area contributed by atoms with Crippen LogP contribution in [-0.2, 0) is 20.4 Å². The Kier molecular flexibility index (Phi) is 5.46. The monoisotopic (exact) mass is 287 g/mol. The van der Waals surface area contributed by atoms with Crippen molar-refractivity contribution in [2.45, 2.75) is 13.0 Å². The molecule has 0 aliphatic heterocycles. The molecule has 0 aliphatic carbocycles. The maximum atomic E-state index is 11.4. The first-order valence-electron chi connectivity index (χ1n) is 5.29. The number of carboxylic acids is 1. The molecule has 0 aliphatic rings. The molecule has 0 amide bonds. The minimum absolute atomic E-state index is 0.198. The molecule has 19 heavy (non-hydrogen) atoms. The minimum atomic E-state index is -2.70. The number of carbonyl (C=O) groups is 2. The Labute approximate surface area is 111 Å². The quantitative estimate of drug-likeness (QED) is 0.506. The summed E-state index contributed by atoms with van der Waals surface area (Å²) in [5.74, 6) is -1.98. The fraction of sp³-hybridized carbons (Fsp3) is 0.273. The summed E-state index contributed by atoms with van der Waals surface area (Å²) in [6, 6.07) is 5.59. The third-order valence-electron chi connectivity index (χ3n) is 2.27. The Morgan fingerprint density at radius 1 is 1.32 bits per heavy atom. The van der Waals surface area contributed by atoms with Crippen LogP contribution in [0.15, 0.2) is 24.3 Å². The summed E-state index contributed by atoms with van der Waals surface area (Å²) in [7, 11) is -2.70. The van der Waals surface area contributed by atoms with Crippen molar-refractivity contribution in [1.29, 1.82) is 0 Å². The number of benzene rings is 1. The van der Waals surface area contributed by atoms with Gasteiger partial charge in [0.15, 0.2) is 6.61 Å². The summed E-state index contributed by atoms with van der Waals surface area (Å²) in [6.45, 7) is 0.956. The number of esters is 1. The molecule has 8 heteroatoms. The van der Waals surface area contributed by atoms with Gasteiger partial charge in [0.25, 0.3) is 0 Å². The van der Waals surface area contributed by atoms with E-state index in [4.69, 9.17) is 5.11 Å². The van der Waals surface area contributed by atoms with Gasteiger partial charge in [0.05, 0.1) is 5.56 Å². The van der Waals surface area contributed by atoms with Gasteiger partial charge in [-0.25, -0.2) is 22.7 Å². The number of thiol groups is 1. The third-order valence-corrected chi connectivity index (χ3v) is 2.87. The van der Waals surface area contributed by atoms with Crippen molar-refractivity contribution in [3.05, 3.63) is 35.4 Å². The van der Waals surface area contributed by atoms with E-state index in [0.29, 0.717) is 5.56 Å². The van der Waals surface area contributed by atoms with Crippen molar-refractivity contribution in [1.82, 2.24) is 4.72 Å². The van der Waals surface area contributed by atoms with E-state index in [-0.39, 0.29) is 5.56 Å². The van der Waals surface area contributed by atoms with Crippen LogP contribution in [0.2, 0.25) is 0 Å². The normalized spacial score (nSPS) is 12.1. The maximum Gasteiger partial charge on any atom is 0.341 e. The molecule has 0 radical (unpaired) electrons. The fourth-order valence-electron chi connectivity index (χ4n) is 1.35. The van der Waals surface area contributed by atoms with Crippen molar-refractivity contribution in [2.24, 2.45) is 0 Å². The largest absolute Gasteiger partial charge is 0.479 e. The maximum absolute atomic E-state index is 11.4. The van der Waals surface area contributed by atoms with Crippen molar-refractivity contribution < 1.29 is 27.9 Å². The van der Waals surface area contributed by atoms with Crippen LogP contribution < -0.4 is 4.72 Å². The van der Waals surface area contributed by atoms with Crippen molar-refractivity contribution in [3.8, 4) is 0 Å². The number of carboxylic acid groups (broad SMARTS) is 1. The Bertz CT molecular complexity index is 529. The number of hydrogen-bond acceptors (Lipinski definition) is 5. The van der Waals surface area contributed by atoms with Crippen LogP contribution >= 0.6 is 0 Å². The Morgan fingerprint density at radius 2 is 1.89 bits per heavy atom. The molecule has 1 aromatic carbocycles.